The Bertz CT molecular complexity index is 433. The molecule has 0 radical (unpaired) electrons. The summed E-state index contributed by atoms with van der Waals surface area (Å²) in [6.45, 7) is 0. The maximum absolute atomic E-state index is 11.1. The van der Waals surface area contributed by atoms with Gasteiger partial charge in [0.05, 0.1) is 12.4 Å². The molecule has 1 aromatic rings. The highest BCUT2D eigenvalue weighted by molar-refractivity contribution is 8.22. The summed E-state index contributed by atoms with van der Waals surface area (Å²) in [6.07, 6.45) is 6.81. The zero-order valence-corrected chi connectivity index (χ0v) is 8.56. The smallest absolute Gasteiger partial charge is 0.288 e. The Morgan fingerprint density at radius 2 is 2.07 bits per heavy atom. The SMILES string of the molecule is O=C(NO)c1cncc([SH]2C=CC=C2)n1. The van der Waals surface area contributed by atoms with E-state index < -0.39 is 16.8 Å². The molecule has 0 aromatic carbocycles. The van der Waals surface area contributed by atoms with Gasteiger partial charge in [-0.3, -0.25) is 15.0 Å². The van der Waals surface area contributed by atoms with Crippen LogP contribution in [0.25, 0.3) is 0 Å². The van der Waals surface area contributed by atoms with Crippen LogP contribution in [0.5, 0.6) is 0 Å². The molecule has 2 N–H and O–H groups in total. The maximum atomic E-state index is 11.1. The molecule has 0 aliphatic carbocycles. The number of carbonyl (C=O) groups excluding carboxylic acids is 1. The van der Waals surface area contributed by atoms with E-state index in [9.17, 15) is 4.79 Å². The Balaban J connectivity index is 2.30. The molecule has 0 saturated carbocycles. The van der Waals surface area contributed by atoms with Crippen LogP contribution in [0.2, 0.25) is 0 Å². The second-order valence-corrected chi connectivity index (χ2v) is 4.66. The van der Waals surface area contributed by atoms with Gasteiger partial charge in [-0.1, -0.05) is 12.2 Å². The summed E-state index contributed by atoms with van der Waals surface area (Å²) < 4.78 is 0. The average Bonchev–Trinajstić information content (AvgIpc) is 2.82. The third-order valence-electron chi connectivity index (χ3n) is 1.83. The van der Waals surface area contributed by atoms with Crippen LogP contribution in [-0.2, 0) is 0 Å². The molecule has 1 aromatic heterocycles. The first kappa shape index (κ1) is 9.88. The Kier molecular flexibility index (Phi) is 2.79. The number of hydrogen-bond acceptors (Lipinski definition) is 4. The molecule has 78 valence electrons. The third kappa shape index (κ3) is 2.05. The van der Waals surface area contributed by atoms with Crippen LogP contribution in [-0.4, -0.2) is 21.1 Å². The summed E-state index contributed by atoms with van der Waals surface area (Å²) in [5.74, 6) is -0.647. The van der Waals surface area contributed by atoms with Gasteiger partial charge >= 0.3 is 0 Å². The number of aromatic nitrogens is 2. The monoisotopic (exact) mass is 223 g/mol. The highest BCUT2D eigenvalue weighted by atomic mass is 32.2. The van der Waals surface area contributed by atoms with Crippen LogP contribution >= 0.6 is 10.9 Å². The Morgan fingerprint density at radius 1 is 1.33 bits per heavy atom. The second kappa shape index (κ2) is 4.24. The molecule has 0 spiro atoms. The number of thiol groups is 1. The van der Waals surface area contributed by atoms with Crippen molar-refractivity contribution in [1.29, 1.82) is 0 Å². The molecule has 2 heterocycles. The van der Waals surface area contributed by atoms with Gasteiger partial charge in [0, 0.05) is 0 Å². The van der Waals surface area contributed by atoms with Crippen LogP contribution in [0.4, 0.5) is 0 Å². The average molecular weight is 223 g/mol. The predicted octanol–water partition coefficient (Wildman–Crippen LogP) is 0.997. The maximum Gasteiger partial charge on any atom is 0.294 e. The van der Waals surface area contributed by atoms with E-state index in [1.807, 2.05) is 23.0 Å². The number of hydroxylamine groups is 1. The molecular formula is C9H9N3O2S. The van der Waals surface area contributed by atoms with E-state index in [2.05, 4.69) is 9.97 Å². The third-order valence-corrected chi connectivity index (χ3v) is 3.56. The van der Waals surface area contributed by atoms with Gasteiger partial charge in [0.25, 0.3) is 5.91 Å². The molecule has 0 unspecified atom stereocenters. The lowest BCUT2D eigenvalue weighted by molar-refractivity contribution is 0.0699. The molecular weight excluding hydrogens is 214 g/mol. The van der Waals surface area contributed by atoms with Crippen molar-refractivity contribution in [3.63, 3.8) is 0 Å². The van der Waals surface area contributed by atoms with E-state index in [0.717, 1.165) is 5.03 Å². The second-order valence-electron chi connectivity index (χ2n) is 2.79. The summed E-state index contributed by atoms with van der Waals surface area (Å²) >= 11 is 0. The molecule has 0 bridgehead atoms. The van der Waals surface area contributed by atoms with Gasteiger partial charge < -0.3 is 0 Å². The Labute approximate surface area is 88.9 Å². The first-order chi connectivity index (χ1) is 7.31. The van der Waals surface area contributed by atoms with Gasteiger partial charge in [-0.2, -0.15) is 10.9 Å². The number of amides is 1. The van der Waals surface area contributed by atoms with Crippen molar-refractivity contribution in [2.75, 3.05) is 0 Å². The molecule has 1 amide bonds. The molecule has 0 atom stereocenters. The van der Waals surface area contributed by atoms with Crippen molar-refractivity contribution < 1.29 is 10.0 Å². The van der Waals surface area contributed by atoms with Gasteiger partial charge in [0.1, 0.15) is 10.7 Å². The molecule has 1 aliphatic rings. The van der Waals surface area contributed by atoms with E-state index in [1.54, 1.807) is 6.20 Å². The summed E-state index contributed by atoms with van der Waals surface area (Å²) in [5.41, 5.74) is 1.65. The van der Waals surface area contributed by atoms with Crippen LogP contribution in [0.3, 0.4) is 0 Å². The fraction of sp³-hybridized carbons (Fsp3) is 0. The normalized spacial score (nSPS) is 15.7. The molecule has 5 nitrogen and oxygen atoms in total. The zero-order chi connectivity index (χ0) is 10.7. The fourth-order valence-electron chi connectivity index (χ4n) is 1.13. The quantitative estimate of drug-likeness (QED) is 0.397. The van der Waals surface area contributed by atoms with Crippen molar-refractivity contribution in [2.45, 2.75) is 5.03 Å². The van der Waals surface area contributed by atoms with E-state index in [1.165, 1.54) is 11.7 Å². The van der Waals surface area contributed by atoms with Crippen molar-refractivity contribution in [3.8, 4) is 0 Å². The summed E-state index contributed by atoms with van der Waals surface area (Å²) in [7, 11) is -0.583. The number of nitrogens with one attached hydrogen (secondary N) is 1. The predicted molar refractivity (Wildman–Crippen MR) is 56.8 cm³/mol. The fourth-order valence-corrected chi connectivity index (χ4v) is 2.53. The van der Waals surface area contributed by atoms with Crippen molar-refractivity contribution in [2.24, 2.45) is 0 Å². The molecule has 2 rings (SSSR count). The lowest BCUT2D eigenvalue weighted by atomic mass is 10.4. The minimum atomic E-state index is -0.647. The first-order valence-corrected chi connectivity index (χ1v) is 5.69. The summed E-state index contributed by atoms with van der Waals surface area (Å²) in [5, 5.41) is 13.2. The number of rotatable bonds is 2. The Hall–Kier alpha value is -1.66. The summed E-state index contributed by atoms with van der Waals surface area (Å²) in [4.78, 5) is 19.1. The van der Waals surface area contributed by atoms with E-state index in [0.29, 0.717) is 0 Å². The Morgan fingerprint density at radius 3 is 2.73 bits per heavy atom. The zero-order valence-electron chi connectivity index (χ0n) is 7.66. The van der Waals surface area contributed by atoms with Crippen LogP contribution in [0.1, 0.15) is 10.5 Å². The van der Waals surface area contributed by atoms with Gasteiger partial charge in [0.15, 0.2) is 0 Å². The minimum absolute atomic E-state index is 0.117. The van der Waals surface area contributed by atoms with E-state index >= 15 is 0 Å². The van der Waals surface area contributed by atoms with Gasteiger partial charge in [-0.15, -0.1) is 0 Å². The van der Waals surface area contributed by atoms with Crippen molar-refractivity contribution >= 4 is 16.8 Å². The summed E-state index contributed by atoms with van der Waals surface area (Å²) in [6, 6.07) is 0. The lowest BCUT2D eigenvalue weighted by Crippen LogP contribution is -2.20. The molecule has 0 saturated heterocycles. The van der Waals surface area contributed by atoms with Crippen LogP contribution < -0.4 is 5.48 Å². The van der Waals surface area contributed by atoms with Crippen molar-refractivity contribution in [1.82, 2.24) is 15.4 Å². The van der Waals surface area contributed by atoms with Crippen LogP contribution in [0, 0.1) is 0 Å². The number of allylic oxidation sites excluding steroid dienone is 2. The van der Waals surface area contributed by atoms with E-state index in [-0.39, 0.29) is 5.69 Å². The van der Waals surface area contributed by atoms with Gasteiger partial charge in [-0.25, -0.2) is 10.5 Å². The topological polar surface area (TPSA) is 75.1 Å². The standard InChI is InChI=1S/C9H9N3O2S/c13-9(12-14)7-5-10-6-8(11-7)15-3-1-2-4-15/h1-6,14-15H,(H,12,13). The molecule has 15 heavy (non-hydrogen) atoms. The van der Waals surface area contributed by atoms with E-state index in [4.69, 9.17) is 5.21 Å². The lowest BCUT2D eigenvalue weighted by Gasteiger charge is -2.08. The first-order valence-electron chi connectivity index (χ1n) is 4.21. The minimum Gasteiger partial charge on any atom is -0.288 e. The number of nitrogens with zero attached hydrogens (tertiary/aromatic N) is 2. The highest BCUT2D eigenvalue weighted by Crippen LogP contribution is 2.39. The van der Waals surface area contributed by atoms with Crippen molar-refractivity contribution in [3.05, 3.63) is 41.1 Å². The molecule has 0 fully saturated rings. The number of hydrogen-bond donors (Lipinski definition) is 3. The van der Waals surface area contributed by atoms with Gasteiger partial charge in [-0.05, 0) is 10.8 Å². The largest absolute Gasteiger partial charge is 0.294 e. The van der Waals surface area contributed by atoms with Crippen LogP contribution in [0.15, 0.2) is 40.4 Å². The van der Waals surface area contributed by atoms with Gasteiger partial charge in [0.2, 0.25) is 0 Å². The molecule has 1 aliphatic heterocycles. The number of carbonyl (C=O) groups is 1. The molecule has 6 heteroatoms. The highest BCUT2D eigenvalue weighted by Gasteiger charge is 2.10.